The lowest BCUT2D eigenvalue weighted by Gasteiger charge is -2.19. The quantitative estimate of drug-likeness (QED) is 0.850. The topological polar surface area (TPSA) is 34.1 Å². The highest BCUT2D eigenvalue weighted by molar-refractivity contribution is 7.91. The maximum atomic E-state index is 13.1. The Kier molecular flexibility index (Phi) is 3.32. The zero-order chi connectivity index (χ0) is 16.0. The highest BCUT2D eigenvalue weighted by atomic mass is 32.2. The van der Waals surface area contributed by atoms with Crippen LogP contribution in [0.2, 0.25) is 0 Å². The van der Waals surface area contributed by atoms with Crippen molar-refractivity contribution in [1.82, 2.24) is 0 Å². The van der Waals surface area contributed by atoms with Gasteiger partial charge in [0.1, 0.15) is 0 Å². The number of rotatable bonds is 3. The third-order valence-electron chi connectivity index (χ3n) is 4.06. The molecule has 2 nitrogen and oxygen atoms in total. The van der Waals surface area contributed by atoms with Gasteiger partial charge in [-0.15, -0.1) is 0 Å². The second-order valence-electron chi connectivity index (χ2n) is 5.42. The highest BCUT2D eigenvalue weighted by Gasteiger charge is 2.64. The summed E-state index contributed by atoms with van der Waals surface area (Å²) >= 11 is 0. The van der Waals surface area contributed by atoms with Crippen molar-refractivity contribution in [2.24, 2.45) is 0 Å². The molecule has 0 spiro atoms. The Balaban J connectivity index is 1.97. The average Bonchev–Trinajstić information content (AvgIpc) is 3.30. The van der Waals surface area contributed by atoms with Crippen LogP contribution in [0.4, 0.5) is 13.2 Å². The zero-order valence-electron chi connectivity index (χ0n) is 11.5. The number of benzene rings is 2. The minimum atomic E-state index is -4.30. The molecule has 116 valence electrons. The summed E-state index contributed by atoms with van der Waals surface area (Å²) in [7, 11) is -3.70. The van der Waals surface area contributed by atoms with E-state index < -0.39 is 21.4 Å². The molecule has 0 saturated heterocycles. The van der Waals surface area contributed by atoms with Crippen LogP contribution in [0.5, 0.6) is 0 Å². The van der Waals surface area contributed by atoms with Crippen LogP contribution >= 0.6 is 0 Å². The van der Waals surface area contributed by atoms with Crippen LogP contribution in [0.3, 0.4) is 0 Å². The van der Waals surface area contributed by atoms with E-state index in [-0.39, 0.29) is 28.2 Å². The SMILES string of the molecule is O=S(=O)(c1ccccc1)c1ccc(C2(C(F)(F)F)CC2)cc1. The molecule has 1 fully saturated rings. The molecule has 1 aliphatic rings. The summed E-state index contributed by atoms with van der Waals surface area (Å²) in [5.74, 6) is 0. The van der Waals surface area contributed by atoms with Gasteiger partial charge < -0.3 is 0 Å². The molecule has 0 atom stereocenters. The predicted octanol–water partition coefficient (Wildman–Crippen LogP) is 4.11. The fourth-order valence-corrected chi connectivity index (χ4v) is 3.83. The third-order valence-corrected chi connectivity index (χ3v) is 5.85. The summed E-state index contributed by atoms with van der Waals surface area (Å²) in [5.41, 5.74) is -1.66. The Morgan fingerprint density at radius 2 is 1.32 bits per heavy atom. The van der Waals surface area contributed by atoms with Gasteiger partial charge >= 0.3 is 6.18 Å². The first kappa shape index (κ1) is 15.1. The number of halogens is 3. The average molecular weight is 326 g/mol. The predicted molar refractivity (Wildman–Crippen MR) is 75.3 cm³/mol. The van der Waals surface area contributed by atoms with Crippen LogP contribution in [0, 0.1) is 0 Å². The van der Waals surface area contributed by atoms with Crippen LogP contribution < -0.4 is 0 Å². The van der Waals surface area contributed by atoms with Gasteiger partial charge in [0.25, 0.3) is 0 Å². The highest BCUT2D eigenvalue weighted by Crippen LogP contribution is 2.58. The Morgan fingerprint density at radius 3 is 1.77 bits per heavy atom. The van der Waals surface area contributed by atoms with Crippen LogP contribution in [0.25, 0.3) is 0 Å². The van der Waals surface area contributed by atoms with E-state index in [9.17, 15) is 21.6 Å². The van der Waals surface area contributed by atoms with Crippen LogP contribution in [-0.2, 0) is 15.3 Å². The van der Waals surface area contributed by atoms with E-state index in [0.717, 1.165) is 0 Å². The number of alkyl halides is 3. The van der Waals surface area contributed by atoms with Crippen molar-refractivity contribution >= 4 is 9.84 Å². The van der Waals surface area contributed by atoms with E-state index in [1.54, 1.807) is 18.2 Å². The molecule has 0 N–H and O–H groups in total. The molecule has 0 heterocycles. The first-order chi connectivity index (χ1) is 10.3. The summed E-state index contributed by atoms with van der Waals surface area (Å²) in [6.07, 6.45) is -4.19. The largest absolute Gasteiger partial charge is 0.398 e. The fourth-order valence-electron chi connectivity index (χ4n) is 2.55. The lowest BCUT2D eigenvalue weighted by Crippen LogP contribution is -2.28. The Bertz CT molecular complexity index is 774. The van der Waals surface area contributed by atoms with Gasteiger partial charge in [-0.05, 0) is 42.7 Å². The van der Waals surface area contributed by atoms with Gasteiger partial charge in [-0.1, -0.05) is 30.3 Å². The minimum Gasteiger partial charge on any atom is -0.219 e. The lowest BCUT2D eigenvalue weighted by atomic mass is 9.95. The Hall–Kier alpha value is -1.82. The van der Waals surface area contributed by atoms with E-state index in [4.69, 9.17) is 0 Å². The van der Waals surface area contributed by atoms with Gasteiger partial charge in [0, 0.05) is 0 Å². The van der Waals surface area contributed by atoms with Crippen molar-refractivity contribution < 1.29 is 21.6 Å². The molecule has 1 aliphatic carbocycles. The van der Waals surface area contributed by atoms with Gasteiger partial charge in [0.15, 0.2) is 0 Å². The van der Waals surface area contributed by atoms with E-state index in [2.05, 4.69) is 0 Å². The molecule has 2 aromatic carbocycles. The van der Waals surface area contributed by atoms with E-state index in [1.165, 1.54) is 36.4 Å². The standard InChI is InChI=1S/C16H13F3O2S/c17-16(18,19)15(10-11-15)12-6-8-14(9-7-12)22(20,21)13-4-2-1-3-5-13/h1-9H,10-11H2. The summed E-state index contributed by atoms with van der Waals surface area (Å²) in [6, 6.07) is 12.9. The van der Waals surface area contributed by atoms with E-state index >= 15 is 0 Å². The molecule has 22 heavy (non-hydrogen) atoms. The summed E-state index contributed by atoms with van der Waals surface area (Å²) in [4.78, 5) is 0.125. The van der Waals surface area contributed by atoms with Crippen LogP contribution in [0.15, 0.2) is 64.4 Å². The lowest BCUT2D eigenvalue weighted by molar-refractivity contribution is -0.160. The number of sulfone groups is 1. The minimum absolute atomic E-state index is 0.000393. The molecule has 1 saturated carbocycles. The third kappa shape index (κ3) is 2.31. The van der Waals surface area contributed by atoms with Gasteiger partial charge in [0.05, 0.1) is 15.2 Å². The van der Waals surface area contributed by atoms with Crippen molar-refractivity contribution in [1.29, 1.82) is 0 Å². The number of hydrogen-bond donors (Lipinski definition) is 0. The maximum Gasteiger partial charge on any atom is 0.398 e. The Labute approximate surface area is 126 Å². The van der Waals surface area contributed by atoms with Crippen molar-refractivity contribution in [3.05, 3.63) is 60.2 Å². The second-order valence-corrected chi connectivity index (χ2v) is 7.37. The molecule has 0 aliphatic heterocycles. The van der Waals surface area contributed by atoms with Crippen LogP contribution in [0.1, 0.15) is 18.4 Å². The monoisotopic (exact) mass is 326 g/mol. The molecule has 0 unspecified atom stereocenters. The van der Waals surface area contributed by atoms with Crippen molar-refractivity contribution in [2.45, 2.75) is 34.2 Å². The second kappa shape index (κ2) is 4.84. The summed E-state index contributed by atoms with van der Waals surface area (Å²) in [5, 5.41) is 0. The normalized spacial score (nSPS) is 17.2. The van der Waals surface area contributed by atoms with Crippen LogP contribution in [-0.4, -0.2) is 14.6 Å². The molecule has 0 aromatic heterocycles. The van der Waals surface area contributed by atoms with Gasteiger partial charge in [0.2, 0.25) is 9.84 Å². The van der Waals surface area contributed by atoms with Crippen molar-refractivity contribution in [2.75, 3.05) is 0 Å². The molecule has 0 radical (unpaired) electrons. The first-order valence-electron chi connectivity index (χ1n) is 6.75. The van der Waals surface area contributed by atoms with Crippen molar-refractivity contribution in [3.63, 3.8) is 0 Å². The molecule has 6 heteroatoms. The molecular formula is C16H13F3O2S. The summed E-state index contributed by atoms with van der Waals surface area (Å²) in [6.45, 7) is 0. The maximum absolute atomic E-state index is 13.1. The molecule has 0 amide bonds. The van der Waals surface area contributed by atoms with Crippen molar-refractivity contribution in [3.8, 4) is 0 Å². The first-order valence-corrected chi connectivity index (χ1v) is 8.23. The van der Waals surface area contributed by atoms with Gasteiger partial charge in [-0.3, -0.25) is 0 Å². The molecule has 3 rings (SSSR count). The fraction of sp³-hybridized carbons (Fsp3) is 0.250. The molecule has 2 aromatic rings. The van der Waals surface area contributed by atoms with E-state index in [0.29, 0.717) is 0 Å². The smallest absolute Gasteiger partial charge is 0.219 e. The molecular weight excluding hydrogens is 313 g/mol. The van der Waals surface area contributed by atoms with E-state index in [1.807, 2.05) is 0 Å². The van der Waals surface area contributed by atoms with Gasteiger partial charge in [-0.25, -0.2) is 8.42 Å². The number of hydrogen-bond acceptors (Lipinski definition) is 2. The molecule has 0 bridgehead atoms. The Morgan fingerprint density at radius 1 is 0.818 bits per heavy atom. The summed E-state index contributed by atoms with van der Waals surface area (Å²) < 4.78 is 64.0. The van der Waals surface area contributed by atoms with Gasteiger partial charge in [-0.2, -0.15) is 13.2 Å². The zero-order valence-corrected chi connectivity index (χ0v) is 12.3.